The highest BCUT2D eigenvalue weighted by Gasteiger charge is 2.09. The summed E-state index contributed by atoms with van der Waals surface area (Å²) in [6.45, 7) is -1.53. The van der Waals surface area contributed by atoms with Crippen molar-refractivity contribution in [1.29, 1.82) is 0 Å². The van der Waals surface area contributed by atoms with E-state index < -0.39 is 6.61 Å². The molecule has 0 radical (unpaired) electrons. The zero-order valence-electron chi connectivity index (χ0n) is 16.3. The van der Waals surface area contributed by atoms with Crippen molar-refractivity contribution in [1.82, 2.24) is 19.6 Å². The monoisotopic (exact) mass is 515 g/mol. The quantitative estimate of drug-likeness (QED) is 0.296. The number of halogens is 3. The third-order valence-electron chi connectivity index (χ3n) is 4.22. The topological polar surface area (TPSA) is 54.2 Å². The van der Waals surface area contributed by atoms with Gasteiger partial charge in [0.25, 0.3) is 0 Å². The van der Waals surface area contributed by atoms with Gasteiger partial charge in [0, 0.05) is 46.0 Å². The SMILES string of the molecule is CN=C(NCCc1cn2ccccc2n1)N(C)Cc1ccc(OC(F)F)cc1.I. The zero-order chi connectivity index (χ0) is 19.9. The molecule has 0 aliphatic carbocycles. The van der Waals surface area contributed by atoms with Crippen LogP contribution in [0.5, 0.6) is 5.75 Å². The Hall–Kier alpha value is -2.43. The molecule has 1 N–H and O–H groups in total. The average molecular weight is 515 g/mol. The lowest BCUT2D eigenvalue weighted by Gasteiger charge is -2.22. The molecule has 0 aliphatic rings. The van der Waals surface area contributed by atoms with Crippen LogP contribution in [-0.2, 0) is 13.0 Å². The average Bonchev–Trinajstić information content (AvgIpc) is 3.09. The highest BCUT2D eigenvalue weighted by molar-refractivity contribution is 14.0. The molecule has 29 heavy (non-hydrogen) atoms. The second kappa shape index (κ2) is 10.9. The molecule has 0 spiro atoms. The number of hydrogen-bond acceptors (Lipinski definition) is 3. The maximum absolute atomic E-state index is 12.2. The van der Waals surface area contributed by atoms with Crippen molar-refractivity contribution >= 4 is 35.6 Å². The highest BCUT2D eigenvalue weighted by atomic mass is 127. The van der Waals surface area contributed by atoms with Gasteiger partial charge in [-0.25, -0.2) is 4.98 Å². The second-order valence-electron chi connectivity index (χ2n) is 6.30. The summed E-state index contributed by atoms with van der Waals surface area (Å²) in [5.41, 5.74) is 2.90. The van der Waals surface area contributed by atoms with Crippen LogP contribution in [0.1, 0.15) is 11.3 Å². The van der Waals surface area contributed by atoms with Crippen molar-refractivity contribution in [3.63, 3.8) is 0 Å². The number of aliphatic imine (C=N–C) groups is 1. The van der Waals surface area contributed by atoms with Crippen LogP contribution in [0, 0.1) is 0 Å². The lowest BCUT2D eigenvalue weighted by atomic mass is 10.2. The number of hydrogen-bond donors (Lipinski definition) is 1. The number of nitrogens with one attached hydrogen (secondary N) is 1. The zero-order valence-corrected chi connectivity index (χ0v) is 18.6. The minimum atomic E-state index is -2.82. The molecule has 3 aromatic rings. The Morgan fingerprint density at radius 1 is 1.24 bits per heavy atom. The van der Waals surface area contributed by atoms with E-state index >= 15 is 0 Å². The molecule has 9 heteroatoms. The maximum atomic E-state index is 12.2. The Bertz CT molecular complexity index is 897. The summed E-state index contributed by atoms with van der Waals surface area (Å²) in [7, 11) is 3.65. The van der Waals surface area contributed by atoms with E-state index in [0.29, 0.717) is 13.1 Å². The summed E-state index contributed by atoms with van der Waals surface area (Å²) in [6, 6.07) is 12.5. The predicted molar refractivity (Wildman–Crippen MR) is 120 cm³/mol. The number of rotatable bonds is 7. The summed E-state index contributed by atoms with van der Waals surface area (Å²) in [5.74, 6) is 0.896. The number of nitrogens with zero attached hydrogens (tertiary/aromatic N) is 4. The third-order valence-corrected chi connectivity index (χ3v) is 4.22. The van der Waals surface area contributed by atoms with E-state index in [2.05, 4.69) is 20.0 Å². The van der Waals surface area contributed by atoms with Gasteiger partial charge in [0.15, 0.2) is 5.96 Å². The van der Waals surface area contributed by atoms with Gasteiger partial charge in [-0.15, -0.1) is 24.0 Å². The number of guanidine groups is 1. The molecule has 0 bridgehead atoms. The minimum Gasteiger partial charge on any atom is -0.435 e. The molecule has 1 aromatic carbocycles. The fourth-order valence-corrected chi connectivity index (χ4v) is 2.92. The van der Waals surface area contributed by atoms with Gasteiger partial charge in [0.2, 0.25) is 0 Å². The first-order valence-corrected chi connectivity index (χ1v) is 8.93. The third kappa shape index (κ3) is 6.55. The summed E-state index contributed by atoms with van der Waals surface area (Å²) >= 11 is 0. The van der Waals surface area contributed by atoms with Gasteiger partial charge in [-0.05, 0) is 29.8 Å². The van der Waals surface area contributed by atoms with Crippen molar-refractivity contribution in [3.05, 3.63) is 66.1 Å². The molecule has 0 saturated heterocycles. The van der Waals surface area contributed by atoms with Gasteiger partial charge in [-0.2, -0.15) is 8.78 Å². The molecule has 0 amide bonds. The number of fused-ring (bicyclic) bond motifs is 1. The molecule has 0 saturated carbocycles. The van der Waals surface area contributed by atoms with E-state index in [1.165, 1.54) is 12.1 Å². The van der Waals surface area contributed by atoms with Crippen LogP contribution in [0.4, 0.5) is 8.78 Å². The summed E-state index contributed by atoms with van der Waals surface area (Å²) in [5, 5.41) is 3.32. The minimum absolute atomic E-state index is 0. The lowest BCUT2D eigenvalue weighted by molar-refractivity contribution is -0.0498. The molecule has 6 nitrogen and oxygen atoms in total. The number of pyridine rings is 1. The number of aromatic nitrogens is 2. The Kier molecular flexibility index (Phi) is 8.62. The number of alkyl halides is 2. The van der Waals surface area contributed by atoms with Gasteiger partial charge >= 0.3 is 6.61 Å². The molecule has 156 valence electrons. The summed E-state index contributed by atoms with van der Waals surface area (Å²) in [6.07, 6.45) is 4.77. The van der Waals surface area contributed by atoms with E-state index in [1.54, 1.807) is 19.2 Å². The van der Waals surface area contributed by atoms with E-state index in [9.17, 15) is 8.78 Å². The van der Waals surface area contributed by atoms with Crippen LogP contribution in [0.2, 0.25) is 0 Å². The molecule has 0 atom stereocenters. The van der Waals surface area contributed by atoms with Crippen LogP contribution < -0.4 is 10.1 Å². The van der Waals surface area contributed by atoms with Crippen molar-refractivity contribution in [2.24, 2.45) is 4.99 Å². The van der Waals surface area contributed by atoms with Crippen LogP contribution in [-0.4, -0.2) is 47.5 Å². The van der Waals surface area contributed by atoms with E-state index in [1.807, 2.05) is 46.9 Å². The molecule has 0 unspecified atom stereocenters. The van der Waals surface area contributed by atoms with Gasteiger partial charge in [0.1, 0.15) is 11.4 Å². The first-order valence-electron chi connectivity index (χ1n) is 8.93. The standard InChI is InChI=1S/C20H23F2N5O.HI/c1-23-20(24-11-10-16-14-27-12-4-3-5-18(27)25-16)26(2)13-15-6-8-17(9-7-15)28-19(21)22;/h3-9,12,14,19H,10-11,13H2,1-2H3,(H,23,24);1H. The largest absolute Gasteiger partial charge is 0.435 e. The van der Waals surface area contributed by atoms with Gasteiger partial charge in [-0.1, -0.05) is 18.2 Å². The maximum Gasteiger partial charge on any atom is 0.387 e. The summed E-state index contributed by atoms with van der Waals surface area (Å²) < 4.78 is 30.8. The lowest BCUT2D eigenvalue weighted by Crippen LogP contribution is -2.39. The fraction of sp³-hybridized carbons (Fsp3) is 0.300. The fourth-order valence-electron chi connectivity index (χ4n) is 2.92. The predicted octanol–water partition coefficient (Wildman–Crippen LogP) is 3.80. The van der Waals surface area contributed by atoms with Gasteiger partial charge in [-0.3, -0.25) is 4.99 Å². The van der Waals surface area contributed by atoms with E-state index in [-0.39, 0.29) is 29.7 Å². The first kappa shape index (κ1) is 22.9. The molecule has 0 fully saturated rings. The Labute approximate surface area is 185 Å². The van der Waals surface area contributed by atoms with E-state index in [0.717, 1.165) is 29.3 Å². The Morgan fingerprint density at radius 3 is 2.66 bits per heavy atom. The highest BCUT2D eigenvalue weighted by Crippen LogP contribution is 2.15. The molecule has 0 aliphatic heterocycles. The smallest absolute Gasteiger partial charge is 0.387 e. The molecule has 2 aromatic heterocycles. The van der Waals surface area contributed by atoms with Crippen LogP contribution in [0.3, 0.4) is 0 Å². The molecular weight excluding hydrogens is 491 g/mol. The van der Waals surface area contributed by atoms with Gasteiger partial charge in [0.05, 0.1) is 5.69 Å². The van der Waals surface area contributed by atoms with Crippen molar-refractivity contribution < 1.29 is 13.5 Å². The van der Waals surface area contributed by atoms with Gasteiger partial charge < -0.3 is 19.4 Å². The van der Waals surface area contributed by atoms with Crippen molar-refractivity contribution in [2.75, 3.05) is 20.6 Å². The summed E-state index contributed by atoms with van der Waals surface area (Å²) in [4.78, 5) is 10.8. The molecule has 2 heterocycles. The van der Waals surface area contributed by atoms with Crippen LogP contribution in [0.25, 0.3) is 5.65 Å². The molecule has 3 rings (SSSR count). The normalized spacial score (nSPS) is 11.4. The number of benzene rings is 1. The Balaban J connectivity index is 0.00000300. The van der Waals surface area contributed by atoms with Crippen LogP contribution in [0.15, 0.2) is 59.9 Å². The number of imidazole rings is 1. The van der Waals surface area contributed by atoms with Crippen molar-refractivity contribution in [2.45, 2.75) is 19.6 Å². The molecular formula is C20H24F2IN5O. The second-order valence-corrected chi connectivity index (χ2v) is 6.30. The number of ether oxygens (including phenoxy) is 1. The van der Waals surface area contributed by atoms with Crippen LogP contribution >= 0.6 is 24.0 Å². The Morgan fingerprint density at radius 2 is 2.00 bits per heavy atom. The first-order chi connectivity index (χ1) is 13.5. The van der Waals surface area contributed by atoms with E-state index in [4.69, 9.17) is 0 Å². The van der Waals surface area contributed by atoms with Crippen molar-refractivity contribution in [3.8, 4) is 5.75 Å².